The number of methoxy groups -OCH3 is 5. The summed E-state index contributed by atoms with van der Waals surface area (Å²) in [5, 5.41) is 23.6. The van der Waals surface area contributed by atoms with E-state index in [1.807, 2.05) is 285 Å². The predicted molar refractivity (Wildman–Crippen MR) is 576 cm³/mol. The van der Waals surface area contributed by atoms with Crippen molar-refractivity contribution in [3.8, 4) is 113 Å². The van der Waals surface area contributed by atoms with Crippen molar-refractivity contribution >= 4 is 63.3 Å². The minimum atomic E-state index is -0.508. The molecule has 0 atom stereocenters. The van der Waals surface area contributed by atoms with Gasteiger partial charge in [0.25, 0.3) is 55.6 Å². The largest absolute Gasteiger partial charge is 0.497 e. The van der Waals surface area contributed by atoms with E-state index in [0.717, 1.165) is 85.0 Å². The molecule has 20 rings (SSSR count). The van der Waals surface area contributed by atoms with Gasteiger partial charge >= 0.3 is 0 Å². The first-order valence-corrected chi connectivity index (χ1v) is 46.0. The van der Waals surface area contributed by atoms with Gasteiger partial charge in [-0.3, -0.25) is 66.2 Å². The van der Waals surface area contributed by atoms with Gasteiger partial charge in [0, 0.05) is 115 Å². The van der Waals surface area contributed by atoms with Crippen LogP contribution in [0.25, 0.3) is 148 Å². The molecule has 744 valence electrons. The Labute approximate surface area is 845 Å². The Morgan fingerprint density at radius 1 is 0.221 bits per heavy atom. The van der Waals surface area contributed by atoms with Crippen molar-refractivity contribution in [3.05, 3.63) is 489 Å². The van der Waals surface area contributed by atoms with E-state index < -0.39 is 55.6 Å². The molecule has 35 nitrogen and oxygen atoms in total. The average molecular weight is 1990 g/mol. The average Bonchev–Trinajstić information content (AvgIpc) is 1.74. The fraction of sp³-hybridized carbons (Fsp3) is 0.0789. The molecule has 0 unspecified atom stereocenters. The van der Waals surface area contributed by atoms with Gasteiger partial charge < -0.3 is 53.6 Å². The molecule has 0 amide bonds. The van der Waals surface area contributed by atoms with Crippen LogP contribution in [0.15, 0.2) is 352 Å². The van der Waals surface area contributed by atoms with Gasteiger partial charge in [0.05, 0.1) is 92.5 Å². The molecule has 0 saturated heterocycles. The summed E-state index contributed by atoms with van der Waals surface area (Å²) in [6.45, 7) is 18.3. The van der Waals surface area contributed by atoms with Crippen LogP contribution in [0, 0.1) is 0 Å². The van der Waals surface area contributed by atoms with Gasteiger partial charge in [-0.25, -0.2) is 23.4 Å². The van der Waals surface area contributed by atoms with E-state index in [1.54, 1.807) is 118 Å². The second-order valence-corrected chi connectivity index (χ2v) is 33.4. The van der Waals surface area contributed by atoms with Gasteiger partial charge in [0.1, 0.15) is 82.2 Å². The number of para-hydroxylation sites is 5. The Morgan fingerprint density at radius 2 is 0.376 bits per heavy atom. The second-order valence-electron chi connectivity index (χ2n) is 33.4. The summed E-state index contributed by atoms with van der Waals surface area (Å²) in [5.41, 5.74) is 11.4. The smallest absolute Gasteiger partial charge is 0.264 e. The number of rotatable bonds is 20. The molecule has 0 radical (unpaired) electrons. The molecule has 10 aromatic carbocycles. The molecular formula is C114H98N20O15. The quantitative estimate of drug-likeness (QED) is 0.0520. The molecule has 149 heavy (non-hydrogen) atoms. The SMILES string of the molecule is C=c1[nH]c(=O)c(=Cc2cn(-c3ccccc3)nc2-c2ccc(OC)cc2)c(=O)[nH]1.C=c1[nH]c(=O)c(=Cc2cn(-c3ccccc3)nc2-c2ccc(OC)cc2)c(=O)[nH]1.C=c1[nH]c(=O)c(=Cc2cn(-c3ccccc3)nc2-c2ccc(OC)cc2)c(=O)[nH]1.C=c1n(C)c(=O)c(=Cc2cn(-c3ccccc3)nc2-c2ccc(OC)cc2)c(=O)n1C.C=c1n(C)c(=O)c(=Cc2cn(-c3ccccc3)nc2-c2ccc(OC)cc2)c(=O)n1C. The van der Waals surface area contributed by atoms with E-state index in [-0.39, 0.29) is 42.5 Å². The first-order chi connectivity index (χ1) is 71.9. The van der Waals surface area contributed by atoms with Crippen LogP contribution in [0.2, 0.25) is 0 Å². The maximum Gasteiger partial charge on any atom is 0.264 e. The first kappa shape index (κ1) is 101. The molecule has 6 N–H and O–H groups in total. The number of benzene rings is 10. The minimum Gasteiger partial charge on any atom is -0.497 e. The van der Waals surface area contributed by atoms with Gasteiger partial charge in [-0.1, -0.05) is 124 Å². The van der Waals surface area contributed by atoms with Gasteiger partial charge in [-0.2, -0.15) is 25.5 Å². The standard InChI is InChI=1S/2C24H22N4O3.3C22H18N4O3/c2*1-16-26(2)23(29)21(24(30)27(16)3)14-18-15-28(19-8-6-5-7-9-19)25-22(18)17-10-12-20(31-4)13-11-17;3*1-14-23-21(27)19(22(28)24-14)12-16-13-26(17-6-4-3-5-7-17)25-20(16)15-8-10-18(29-2)11-9-15/h2*5-15H,1H2,2-4H3;3*3-13H,1H2,2H3,(H,23,27)(H,24,28). The Hall–Kier alpha value is -20.6. The summed E-state index contributed by atoms with van der Waals surface area (Å²) in [5.74, 6) is 3.62. The molecular weight excluding hydrogens is 1890 g/mol. The number of nitrogens with zero attached hydrogens (tertiary/aromatic N) is 14. The Morgan fingerprint density at radius 3 is 0.530 bits per heavy atom. The van der Waals surface area contributed by atoms with Crippen molar-refractivity contribution < 1.29 is 23.7 Å². The highest BCUT2D eigenvalue weighted by atomic mass is 16.5. The summed E-state index contributed by atoms with van der Waals surface area (Å²) in [4.78, 5) is 140. The molecule has 0 fully saturated rings. The van der Waals surface area contributed by atoms with Crippen LogP contribution in [0.5, 0.6) is 28.7 Å². The first-order valence-electron chi connectivity index (χ1n) is 46.0. The van der Waals surface area contributed by atoms with Gasteiger partial charge in [0.2, 0.25) is 0 Å². The highest BCUT2D eigenvalue weighted by molar-refractivity contribution is 5.77. The molecule has 35 heteroatoms. The van der Waals surface area contributed by atoms with Crippen LogP contribution in [0.3, 0.4) is 0 Å². The summed E-state index contributed by atoms with van der Waals surface area (Å²) in [6.07, 6.45) is 16.8. The summed E-state index contributed by atoms with van der Waals surface area (Å²) in [7, 11) is 14.4. The van der Waals surface area contributed by atoms with Crippen LogP contribution < -0.4 is 133 Å². The van der Waals surface area contributed by atoms with Crippen molar-refractivity contribution in [3.63, 3.8) is 0 Å². The van der Waals surface area contributed by atoms with Crippen molar-refractivity contribution in [1.29, 1.82) is 0 Å². The Balaban J connectivity index is 0.000000133. The highest BCUT2D eigenvalue weighted by Crippen LogP contribution is 2.33. The van der Waals surface area contributed by atoms with E-state index in [0.29, 0.717) is 67.2 Å². The van der Waals surface area contributed by atoms with Crippen LogP contribution in [0.1, 0.15) is 27.8 Å². The number of ether oxygens (including phenoxy) is 5. The van der Waals surface area contributed by atoms with E-state index in [2.05, 4.69) is 78.1 Å². The lowest BCUT2D eigenvalue weighted by molar-refractivity contribution is 0.415. The highest BCUT2D eigenvalue weighted by Gasteiger charge is 2.21. The number of aromatic amines is 6. The molecule has 0 bridgehead atoms. The maximum atomic E-state index is 12.8. The lowest BCUT2D eigenvalue weighted by Gasteiger charge is -2.04. The number of H-pyrrole nitrogens is 6. The fourth-order valence-corrected chi connectivity index (χ4v) is 15.8. The Bertz CT molecular complexity index is 8740. The number of hydrogen-bond donors (Lipinski definition) is 6. The second kappa shape index (κ2) is 45.1. The zero-order valence-electron chi connectivity index (χ0n) is 82.2. The lowest BCUT2D eigenvalue weighted by Crippen LogP contribution is -2.56. The third kappa shape index (κ3) is 22.9. The molecule has 10 heterocycles. The van der Waals surface area contributed by atoms with Gasteiger partial charge in [-0.05, 0) is 212 Å². The summed E-state index contributed by atoms with van der Waals surface area (Å²) >= 11 is 0. The van der Waals surface area contributed by atoms with Crippen molar-refractivity contribution in [1.82, 2.24) is 97.1 Å². The molecule has 0 aliphatic rings. The molecule has 20 aromatic rings. The minimum absolute atomic E-state index is 0.0141. The van der Waals surface area contributed by atoms with E-state index in [9.17, 15) is 47.9 Å². The number of hydrogen-bond acceptors (Lipinski definition) is 20. The number of aromatic nitrogens is 20. The Kier molecular flexibility index (Phi) is 30.7. The lowest BCUT2D eigenvalue weighted by atomic mass is 10.1. The van der Waals surface area contributed by atoms with Crippen LogP contribution in [0.4, 0.5) is 0 Å². The summed E-state index contributed by atoms with van der Waals surface area (Å²) < 4.78 is 40.2. The fourth-order valence-electron chi connectivity index (χ4n) is 15.8. The summed E-state index contributed by atoms with van der Waals surface area (Å²) in [6, 6.07) is 85.2. The van der Waals surface area contributed by atoms with Crippen molar-refractivity contribution in [2.24, 2.45) is 28.2 Å². The molecule has 0 aliphatic carbocycles. The van der Waals surface area contributed by atoms with E-state index in [1.165, 1.54) is 36.5 Å². The molecule has 10 aromatic heterocycles. The maximum absolute atomic E-state index is 12.8. The van der Waals surface area contributed by atoms with Crippen LogP contribution in [-0.4, -0.2) is 133 Å². The normalized spacial score (nSPS) is 10.7. The van der Waals surface area contributed by atoms with Crippen LogP contribution in [-0.2, 0) is 28.2 Å². The zero-order chi connectivity index (χ0) is 105. The third-order valence-electron chi connectivity index (χ3n) is 23.9. The van der Waals surface area contributed by atoms with E-state index >= 15 is 0 Å². The van der Waals surface area contributed by atoms with Crippen LogP contribution >= 0.6 is 0 Å². The third-order valence-corrected chi connectivity index (χ3v) is 23.9. The van der Waals surface area contributed by atoms with Gasteiger partial charge in [0.15, 0.2) is 0 Å². The van der Waals surface area contributed by atoms with E-state index in [4.69, 9.17) is 33.9 Å². The monoisotopic (exact) mass is 1990 g/mol. The van der Waals surface area contributed by atoms with Crippen molar-refractivity contribution in [2.45, 2.75) is 0 Å². The van der Waals surface area contributed by atoms with Gasteiger partial charge in [-0.15, -0.1) is 0 Å². The molecule has 0 aliphatic heterocycles. The number of nitrogens with one attached hydrogen (secondary N) is 6. The zero-order valence-corrected chi connectivity index (χ0v) is 82.2. The molecule has 0 saturated carbocycles. The van der Waals surface area contributed by atoms with Crippen molar-refractivity contribution in [2.75, 3.05) is 35.5 Å². The molecule has 0 spiro atoms. The topological polar surface area (TPSA) is 420 Å². The predicted octanol–water partition coefficient (Wildman–Crippen LogP) is 5.86.